The van der Waals surface area contributed by atoms with Crippen LogP contribution in [0.5, 0.6) is 11.5 Å². The number of rotatable bonds is 5. The molecule has 1 aliphatic rings. The molecule has 19 heavy (non-hydrogen) atoms. The minimum absolute atomic E-state index is 0.252. The van der Waals surface area contributed by atoms with Crippen molar-refractivity contribution in [3.8, 4) is 11.5 Å². The molecule has 2 rings (SSSR count). The van der Waals surface area contributed by atoms with Crippen LogP contribution in [0, 0.1) is 12.3 Å². The van der Waals surface area contributed by atoms with E-state index < -0.39 is 0 Å². The number of methoxy groups -OCH3 is 2. The molecular formula is C13H20BO4S. The molecular weight excluding hydrogens is 263 g/mol. The standard InChI is InChI=1S/C13H20BO4S/c1-9-10-11(12(14-2)19-9)18-8-13(5-15-3,6-16-4)7-17-10/h5-8H2,1-4H3. The predicted molar refractivity (Wildman–Crippen MR) is 77.5 cm³/mol. The lowest BCUT2D eigenvalue weighted by Gasteiger charge is -2.29. The van der Waals surface area contributed by atoms with Gasteiger partial charge in [0.25, 0.3) is 0 Å². The van der Waals surface area contributed by atoms with E-state index in [1.165, 1.54) is 0 Å². The van der Waals surface area contributed by atoms with Crippen molar-refractivity contribution in [1.29, 1.82) is 0 Å². The van der Waals surface area contributed by atoms with Crippen molar-refractivity contribution in [1.82, 2.24) is 0 Å². The molecule has 0 bridgehead atoms. The van der Waals surface area contributed by atoms with Gasteiger partial charge in [0, 0.05) is 23.9 Å². The van der Waals surface area contributed by atoms with Crippen LogP contribution in [0.2, 0.25) is 6.82 Å². The van der Waals surface area contributed by atoms with Crippen LogP contribution in [0.3, 0.4) is 0 Å². The van der Waals surface area contributed by atoms with Crippen molar-refractivity contribution in [3.63, 3.8) is 0 Å². The Morgan fingerprint density at radius 1 is 1.16 bits per heavy atom. The van der Waals surface area contributed by atoms with E-state index in [1.54, 1.807) is 25.6 Å². The van der Waals surface area contributed by atoms with E-state index in [0.717, 1.165) is 21.2 Å². The Morgan fingerprint density at radius 3 is 2.26 bits per heavy atom. The van der Waals surface area contributed by atoms with Gasteiger partial charge in [0.2, 0.25) is 0 Å². The zero-order valence-corrected chi connectivity index (χ0v) is 12.8. The zero-order chi connectivity index (χ0) is 13.9. The van der Waals surface area contributed by atoms with Gasteiger partial charge in [0.1, 0.15) is 13.2 Å². The lowest BCUT2D eigenvalue weighted by atomic mass is 9.80. The monoisotopic (exact) mass is 283 g/mol. The smallest absolute Gasteiger partial charge is 0.174 e. The molecule has 0 unspecified atom stereocenters. The molecule has 1 aromatic rings. The molecule has 0 aromatic carbocycles. The molecule has 1 radical (unpaired) electrons. The lowest BCUT2D eigenvalue weighted by Crippen LogP contribution is -2.42. The van der Waals surface area contributed by atoms with Crippen LogP contribution >= 0.6 is 11.3 Å². The number of hydrogen-bond donors (Lipinski definition) is 0. The quantitative estimate of drug-likeness (QED) is 0.767. The Morgan fingerprint density at radius 2 is 1.74 bits per heavy atom. The van der Waals surface area contributed by atoms with E-state index in [0.29, 0.717) is 26.4 Å². The first-order valence-corrected chi connectivity index (χ1v) is 7.13. The van der Waals surface area contributed by atoms with E-state index >= 15 is 0 Å². The number of thiophene rings is 1. The van der Waals surface area contributed by atoms with Gasteiger partial charge in [-0.2, -0.15) is 0 Å². The first kappa shape index (κ1) is 14.7. The Bertz CT molecular complexity index is 427. The van der Waals surface area contributed by atoms with Crippen LogP contribution < -0.4 is 14.3 Å². The summed E-state index contributed by atoms with van der Waals surface area (Å²) in [6, 6.07) is 0. The van der Waals surface area contributed by atoms with Crippen molar-refractivity contribution in [2.75, 3.05) is 40.6 Å². The highest BCUT2D eigenvalue weighted by atomic mass is 32.1. The number of aryl methyl sites for hydroxylation is 1. The maximum Gasteiger partial charge on any atom is 0.174 e. The molecule has 6 heteroatoms. The Hall–Kier alpha value is -0.715. The first-order valence-electron chi connectivity index (χ1n) is 6.32. The van der Waals surface area contributed by atoms with E-state index in [-0.39, 0.29) is 5.41 Å². The molecule has 0 saturated heterocycles. The first-order chi connectivity index (χ1) is 9.15. The van der Waals surface area contributed by atoms with Gasteiger partial charge in [-0.05, 0) is 6.92 Å². The van der Waals surface area contributed by atoms with Crippen molar-refractivity contribution >= 4 is 23.4 Å². The highest BCUT2D eigenvalue weighted by Crippen LogP contribution is 2.39. The summed E-state index contributed by atoms with van der Waals surface area (Å²) in [5.41, 5.74) is -0.252. The molecule has 0 aliphatic carbocycles. The Kier molecular flexibility index (Phi) is 4.76. The minimum atomic E-state index is -0.252. The maximum atomic E-state index is 6.01. The summed E-state index contributed by atoms with van der Waals surface area (Å²) < 4.78 is 23.7. The number of fused-ring (bicyclic) bond motifs is 1. The van der Waals surface area contributed by atoms with Crippen LogP contribution in [0.15, 0.2) is 0 Å². The summed E-state index contributed by atoms with van der Waals surface area (Å²) in [4.78, 5) is 1.15. The van der Waals surface area contributed by atoms with E-state index in [2.05, 4.69) is 14.2 Å². The van der Waals surface area contributed by atoms with Crippen molar-refractivity contribution < 1.29 is 18.9 Å². The lowest BCUT2D eigenvalue weighted by molar-refractivity contribution is -0.0360. The third kappa shape index (κ3) is 2.90. The third-order valence-corrected chi connectivity index (χ3v) is 4.35. The largest absolute Gasteiger partial charge is 0.489 e. The highest BCUT2D eigenvalue weighted by Gasteiger charge is 2.37. The molecule has 2 heterocycles. The van der Waals surface area contributed by atoms with E-state index in [1.807, 2.05) is 6.82 Å². The molecule has 0 spiro atoms. The van der Waals surface area contributed by atoms with Crippen LogP contribution in [0.1, 0.15) is 4.88 Å². The third-order valence-electron chi connectivity index (χ3n) is 3.22. The fraction of sp³-hybridized carbons (Fsp3) is 0.692. The predicted octanol–water partition coefficient (Wildman–Crippen LogP) is 1.48. The Labute approximate surface area is 119 Å². The van der Waals surface area contributed by atoms with Crippen LogP contribution in [0.4, 0.5) is 0 Å². The summed E-state index contributed by atoms with van der Waals surface area (Å²) in [6.45, 7) is 6.26. The maximum absolute atomic E-state index is 6.01. The summed E-state index contributed by atoms with van der Waals surface area (Å²) in [5, 5.41) is 0. The topological polar surface area (TPSA) is 36.9 Å². The summed E-state index contributed by atoms with van der Waals surface area (Å²) in [7, 11) is 5.43. The van der Waals surface area contributed by atoms with Crippen molar-refractivity contribution in [2.45, 2.75) is 13.7 Å². The molecule has 4 nitrogen and oxygen atoms in total. The van der Waals surface area contributed by atoms with Gasteiger partial charge in [-0.1, -0.05) is 6.82 Å². The van der Waals surface area contributed by atoms with Gasteiger partial charge in [0.05, 0.1) is 18.6 Å². The second-order valence-electron chi connectivity index (χ2n) is 4.91. The molecule has 0 saturated carbocycles. The SMILES string of the molecule is C[B]c1sc(C)c2c1OCC(COC)(COC)CO2. The highest BCUT2D eigenvalue weighted by molar-refractivity contribution is 7.22. The Balaban J connectivity index is 2.24. The van der Waals surface area contributed by atoms with Crippen LogP contribution in [-0.4, -0.2) is 47.9 Å². The van der Waals surface area contributed by atoms with E-state index in [9.17, 15) is 0 Å². The fourth-order valence-electron chi connectivity index (χ4n) is 2.34. The average Bonchev–Trinajstić information content (AvgIpc) is 2.57. The minimum Gasteiger partial charge on any atom is -0.489 e. The van der Waals surface area contributed by atoms with E-state index in [4.69, 9.17) is 18.9 Å². The van der Waals surface area contributed by atoms with Crippen LogP contribution in [-0.2, 0) is 9.47 Å². The summed E-state index contributed by atoms with van der Waals surface area (Å²) in [5.74, 6) is 1.73. The molecule has 0 N–H and O–H groups in total. The second kappa shape index (κ2) is 6.16. The second-order valence-corrected chi connectivity index (χ2v) is 6.17. The van der Waals surface area contributed by atoms with Crippen molar-refractivity contribution in [3.05, 3.63) is 4.88 Å². The zero-order valence-electron chi connectivity index (χ0n) is 11.9. The molecule has 1 aromatic heterocycles. The fourth-order valence-corrected chi connectivity index (χ4v) is 3.27. The van der Waals surface area contributed by atoms with Crippen LogP contribution in [0.25, 0.3) is 0 Å². The van der Waals surface area contributed by atoms with Crippen molar-refractivity contribution in [2.24, 2.45) is 5.41 Å². The summed E-state index contributed by atoms with van der Waals surface area (Å²) >= 11 is 1.70. The molecule has 0 amide bonds. The van der Waals surface area contributed by atoms with Gasteiger partial charge < -0.3 is 18.9 Å². The van der Waals surface area contributed by atoms with Gasteiger partial charge in [-0.25, -0.2) is 0 Å². The van der Waals surface area contributed by atoms with Gasteiger partial charge in [0.15, 0.2) is 18.8 Å². The molecule has 0 atom stereocenters. The molecule has 0 fully saturated rings. The van der Waals surface area contributed by atoms with Gasteiger partial charge >= 0.3 is 0 Å². The van der Waals surface area contributed by atoms with Gasteiger partial charge in [-0.3, -0.25) is 0 Å². The summed E-state index contributed by atoms with van der Waals surface area (Å²) in [6.07, 6.45) is 0. The number of ether oxygens (including phenoxy) is 4. The average molecular weight is 283 g/mol. The van der Waals surface area contributed by atoms with Gasteiger partial charge in [-0.15, -0.1) is 11.3 Å². The molecule has 105 valence electrons. The normalized spacial score (nSPS) is 17.1. The number of hydrogen-bond acceptors (Lipinski definition) is 5. The molecule has 1 aliphatic heterocycles.